The smallest absolute Gasteiger partial charge is 0.213 e. The maximum atomic E-state index is 13.8. The molecular formula is C24H24FN5O2S. The average Bonchev–Trinajstić information content (AvgIpc) is 3.28. The van der Waals surface area contributed by atoms with Crippen molar-refractivity contribution in [2.45, 2.75) is 6.54 Å². The number of aromatic nitrogens is 3. The molecule has 4 aromatic rings. The molecule has 7 nitrogen and oxygen atoms in total. The first-order valence-corrected chi connectivity index (χ1v) is 12.1. The molecule has 9 heteroatoms. The molecule has 0 bridgehead atoms. The minimum absolute atomic E-state index is 0.0654. The molecule has 2 aromatic carbocycles. The van der Waals surface area contributed by atoms with Gasteiger partial charge in [-0.05, 0) is 60.1 Å². The normalized spacial score (nSPS) is 11.5. The highest BCUT2D eigenvalue weighted by molar-refractivity contribution is 7.89. The molecule has 0 aliphatic rings. The molecule has 0 aliphatic heterocycles. The summed E-state index contributed by atoms with van der Waals surface area (Å²) in [6.45, 7) is 0.798. The largest absolute Gasteiger partial charge is 0.383 e. The number of hydrogen-bond donors (Lipinski definition) is 2. The van der Waals surface area contributed by atoms with Gasteiger partial charge in [-0.25, -0.2) is 17.5 Å². The SMILES string of the molecule is CNS(=O)(=O)CCNc1ccc(-c2cccc(F)c2)cc1-c1ccn(Cc2cccnc2)n1. The first-order chi connectivity index (χ1) is 15.9. The van der Waals surface area contributed by atoms with Crippen molar-refractivity contribution in [1.29, 1.82) is 0 Å². The summed E-state index contributed by atoms with van der Waals surface area (Å²) in [5.41, 5.74) is 4.86. The number of nitrogens with one attached hydrogen (secondary N) is 2. The lowest BCUT2D eigenvalue weighted by Gasteiger charge is -2.13. The second kappa shape index (κ2) is 9.93. The molecule has 0 saturated carbocycles. The molecule has 4 rings (SSSR count). The van der Waals surface area contributed by atoms with E-state index in [-0.39, 0.29) is 18.1 Å². The van der Waals surface area contributed by atoms with Gasteiger partial charge in [0.2, 0.25) is 10.0 Å². The molecule has 0 aliphatic carbocycles. The zero-order chi connectivity index (χ0) is 23.3. The zero-order valence-electron chi connectivity index (χ0n) is 18.1. The van der Waals surface area contributed by atoms with E-state index < -0.39 is 10.0 Å². The summed E-state index contributed by atoms with van der Waals surface area (Å²) in [7, 11) is -1.94. The van der Waals surface area contributed by atoms with E-state index in [9.17, 15) is 12.8 Å². The summed E-state index contributed by atoms with van der Waals surface area (Å²) >= 11 is 0. The van der Waals surface area contributed by atoms with Crippen molar-refractivity contribution in [3.8, 4) is 22.4 Å². The minimum Gasteiger partial charge on any atom is -0.383 e. The van der Waals surface area contributed by atoms with E-state index in [1.165, 1.54) is 19.2 Å². The van der Waals surface area contributed by atoms with Gasteiger partial charge in [-0.2, -0.15) is 5.10 Å². The average molecular weight is 466 g/mol. The van der Waals surface area contributed by atoms with Crippen LogP contribution in [-0.4, -0.2) is 42.5 Å². The molecule has 0 fully saturated rings. The highest BCUT2D eigenvalue weighted by atomic mass is 32.2. The summed E-state index contributed by atoms with van der Waals surface area (Å²) in [4.78, 5) is 4.14. The Morgan fingerprint density at radius 2 is 1.88 bits per heavy atom. The third-order valence-electron chi connectivity index (χ3n) is 5.16. The standard InChI is InChI=1S/C24H24FN5O2S/c1-26-33(31,32)13-11-28-23-8-7-20(19-5-2-6-21(25)14-19)15-22(23)24-9-12-30(29-24)17-18-4-3-10-27-16-18/h2-10,12,14-16,26,28H,11,13,17H2,1H3. The molecule has 0 atom stereocenters. The lowest BCUT2D eigenvalue weighted by Crippen LogP contribution is -2.26. The van der Waals surface area contributed by atoms with Gasteiger partial charge in [0.05, 0.1) is 18.0 Å². The van der Waals surface area contributed by atoms with Crippen molar-refractivity contribution >= 4 is 15.7 Å². The molecule has 33 heavy (non-hydrogen) atoms. The second-order valence-electron chi connectivity index (χ2n) is 7.48. The summed E-state index contributed by atoms with van der Waals surface area (Å²) in [6.07, 6.45) is 5.40. The number of pyridine rings is 1. The summed E-state index contributed by atoms with van der Waals surface area (Å²) < 4.78 is 41.5. The van der Waals surface area contributed by atoms with Gasteiger partial charge >= 0.3 is 0 Å². The minimum atomic E-state index is -3.33. The number of hydrogen-bond acceptors (Lipinski definition) is 5. The Labute approximate surface area is 192 Å². The molecule has 0 saturated heterocycles. The summed E-state index contributed by atoms with van der Waals surface area (Å²) in [5, 5.41) is 7.90. The topological polar surface area (TPSA) is 88.9 Å². The van der Waals surface area contributed by atoms with Crippen LogP contribution < -0.4 is 10.0 Å². The Morgan fingerprint density at radius 3 is 2.64 bits per heavy atom. The van der Waals surface area contributed by atoms with Crippen LogP contribution in [0.1, 0.15) is 5.56 Å². The van der Waals surface area contributed by atoms with Crippen molar-refractivity contribution in [1.82, 2.24) is 19.5 Å². The van der Waals surface area contributed by atoms with Crippen LogP contribution in [-0.2, 0) is 16.6 Å². The van der Waals surface area contributed by atoms with Crippen molar-refractivity contribution in [2.75, 3.05) is 24.7 Å². The Bertz CT molecular complexity index is 1340. The molecule has 2 heterocycles. The molecule has 0 unspecified atom stereocenters. The van der Waals surface area contributed by atoms with Crippen LogP contribution >= 0.6 is 0 Å². The van der Waals surface area contributed by atoms with Gasteiger partial charge in [-0.15, -0.1) is 0 Å². The predicted octanol–water partition coefficient (Wildman–Crippen LogP) is 3.76. The van der Waals surface area contributed by atoms with E-state index >= 15 is 0 Å². The molecule has 2 N–H and O–H groups in total. The van der Waals surface area contributed by atoms with Gasteiger partial charge in [0.15, 0.2) is 0 Å². The Balaban J connectivity index is 1.66. The van der Waals surface area contributed by atoms with Gasteiger partial charge in [0.1, 0.15) is 5.82 Å². The van der Waals surface area contributed by atoms with Crippen molar-refractivity contribution in [3.05, 3.63) is 90.6 Å². The third kappa shape index (κ3) is 5.82. The van der Waals surface area contributed by atoms with E-state index in [2.05, 4.69) is 15.0 Å². The van der Waals surface area contributed by atoms with Crippen LogP contribution in [0.5, 0.6) is 0 Å². The van der Waals surface area contributed by atoms with Crippen LogP contribution in [0.3, 0.4) is 0 Å². The van der Waals surface area contributed by atoms with Gasteiger partial charge in [-0.1, -0.05) is 24.3 Å². The summed E-state index contributed by atoms with van der Waals surface area (Å²) in [5.74, 6) is -0.376. The zero-order valence-corrected chi connectivity index (χ0v) is 18.9. The monoisotopic (exact) mass is 465 g/mol. The Morgan fingerprint density at radius 1 is 1.03 bits per heavy atom. The summed E-state index contributed by atoms with van der Waals surface area (Å²) in [6, 6.07) is 17.8. The van der Waals surface area contributed by atoms with Crippen LogP contribution in [0, 0.1) is 5.82 Å². The van der Waals surface area contributed by atoms with Crippen LogP contribution in [0.4, 0.5) is 10.1 Å². The van der Waals surface area contributed by atoms with E-state index in [0.29, 0.717) is 6.54 Å². The third-order valence-corrected chi connectivity index (χ3v) is 6.52. The van der Waals surface area contributed by atoms with E-state index in [1.807, 2.05) is 53.3 Å². The quantitative estimate of drug-likeness (QED) is 0.393. The Kier molecular flexibility index (Phi) is 6.81. The molecule has 0 radical (unpaired) electrons. The molecule has 2 aromatic heterocycles. The predicted molar refractivity (Wildman–Crippen MR) is 128 cm³/mol. The number of sulfonamides is 1. The number of rotatable bonds is 9. The number of anilines is 1. The lowest BCUT2D eigenvalue weighted by molar-refractivity contribution is 0.588. The fourth-order valence-corrected chi connectivity index (χ4v) is 4.03. The maximum Gasteiger partial charge on any atom is 0.213 e. The lowest BCUT2D eigenvalue weighted by atomic mass is 10.00. The number of nitrogens with zero attached hydrogens (tertiary/aromatic N) is 3. The molecular weight excluding hydrogens is 441 g/mol. The van der Waals surface area contributed by atoms with E-state index in [0.717, 1.165) is 33.6 Å². The van der Waals surface area contributed by atoms with Crippen molar-refractivity contribution in [2.24, 2.45) is 0 Å². The molecule has 170 valence electrons. The fourth-order valence-electron chi connectivity index (χ4n) is 3.45. The van der Waals surface area contributed by atoms with E-state index in [1.54, 1.807) is 18.5 Å². The van der Waals surface area contributed by atoms with Gasteiger partial charge in [0.25, 0.3) is 0 Å². The van der Waals surface area contributed by atoms with Gasteiger partial charge in [0, 0.05) is 36.4 Å². The highest BCUT2D eigenvalue weighted by Gasteiger charge is 2.13. The first kappa shape index (κ1) is 22.6. The Hall–Kier alpha value is -3.56. The van der Waals surface area contributed by atoms with Crippen LogP contribution in [0.25, 0.3) is 22.4 Å². The second-order valence-corrected chi connectivity index (χ2v) is 9.53. The van der Waals surface area contributed by atoms with Crippen molar-refractivity contribution in [3.63, 3.8) is 0 Å². The maximum absolute atomic E-state index is 13.8. The van der Waals surface area contributed by atoms with Crippen LogP contribution in [0.2, 0.25) is 0 Å². The van der Waals surface area contributed by atoms with Crippen molar-refractivity contribution < 1.29 is 12.8 Å². The fraction of sp³-hybridized carbons (Fsp3) is 0.167. The molecule has 0 spiro atoms. The van der Waals surface area contributed by atoms with Gasteiger partial charge in [-0.3, -0.25) is 9.67 Å². The highest BCUT2D eigenvalue weighted by Crippen LogP contribution is 2.32. The number of halogens is 1. The van der Waals surface area contributed by atoms with Gasteiger partial charge < -0.3 is 5.32 Å². The number of benzene rings is 2. The first-order valence-electron chi connectivity index (χ1n) is 10.4. The van der Waals surface area contributed by atoms with Crippen LogP contribution in [0.15, 0.2) is 79.3 Å². The van der Waals surface area contributed by atoms with E-state index in [4.69, 9.17) is 5.10 Å². The molecule has 0 amide bonds.